The Hall–Kier alpha value is -2.27. The van der Waals surface area contributed by atoms with Gasteiger partial charge < -0.3 is 20.1 Å². The minimum absolute atomic E-state index is 0.0593. The average Bonchev–Trinajstić information content (AvgIpc) is 2.58. The summed E-state index contributed by atoms with van der Waals surface area (Å²) in [6.45, 7) is 5.45. The van der Waals surface area contributed by atoms with E-state index in [9.17, 15) is 20.1 Å². The highest BCUT2D eigenvalue weighted by molar-refractivity contribution is 5.88. The van der Waals surface area contributed by atoms with Crippen LogP contribution in [0.4, 0.5) is 0 Å². The third kappa shape index (κ3) is 5.36. The van der Waals surface area contributed by atoms with E-state index in [-0.39, 0.29) is 11.5 Å². The number of rotatable bonds is 2. The van der Waals surface area contributed by atoms with Gasteiger partial charge in [0.2, 0.25) is 0 Å². The number of esters is 1. The van der Waals surface area contributed by atoms with E-state index in [1.807, 2.05) is 6.92 Å². The zero-order valence-electron chi connectivity index (χ0n) is 15.7. The van der Waals surface area contributed by atoms with Crippen LogP contribution in [0, 0.1) is 0 Å². The third-order valence-electron chi connectivity index (χ3n) is 4.77. The highest BCUT2D eigenvalue weighted by Gasteiger charge is 2.32. The van der Waals surface area contributed by atoms with Gasteiger partial charge in [-0.1, -0.05) is 17.7 Å². The lowest BCUT2D eigenvalue weighted by molar-refractivity contribution is -0.163. The molecule has 0 saturated heterocycles. The predicted molar refractivity (Wildman–Crippen MR) is 100.0 cm³/mol. The van der Waals surface area contributed by atoms with Gasteiger partial charge in [0, 0.05) is 11.1 Å². The van der Waals surface area contributed by atoms with E-state index < -0.39 is 17.7 Å². The molecule has 1 aromatic rings. The summed E-state index contributed by atoms with van der Waals surface area (Å²) in [4.78, 5) is 12.6. The standard InChI is InChI=1S/C21H28O5/c1-14-5-4-6-15(8-9-16-13-17(22)10-11-18(16)23)20(25)26-21(2,3)19(24)12-7-14/h5,8,10-11,13,19,22-24H,4,6-7,9,12H2,1-3H3/b14-5-,15-8-/t19-/m1/s1. The van der Waals surface area contributed by atoms with E-state index in [1.165, 1.54) is 23.8 Å². The van der Waals surface area contributed by atoms with Crippen molar-refractivity contribution < 1.29 is 24.9 Å². The Bertz CT molecular complexity index is 715. The van der Waals surface area contributed by atoms with Crippen molar-refractivity contribution >= 4 is 5.97 Å². The lowest BCUT2D eigenvalue weighted by Gasteiger charge is -2.30. The predicted octanol–water partition coefficient (Wildman–Crippen LogP) is 3.77. The van der Waals surface area contributed by atoms with Crippen molar-refractivity contribution in [2.24, 2.45) is 0 Å². The van der Waals surface area contributed by atoms with Gasteiger partial charge in [-0.05, 0) is 71.1 Å². The number of phenolic OH excluding ortho intramolecular Hbond substituents is 2. The van der Waals surface area contributed by atoms with E-state index >= 15 is 0 Å². The number of hydrogen-bond donors (Lipinski definition) is 3. The second kappa shape index (κ2) is 8.41. The molecule has 26 heavy (non-hydrogen) atoms. The molecule has 5 heteroatoms. The second-order valence-electron chi connectivity index (χ2n) is 7.38. The molecule has 0 unspecified atom stereocenters. The fraction of sp³-hybridized carbons (Fsp3) is 0.476. The van der Waals surface area contributed by atoms with E-state index in [2.05, 4.69) is 6.08 Å². The molecule has 1 aliphatic heterocycles. The number of benzene rings is 1. The van der Waals surface area contributed by atoms with Crippen LogP contribution < -0.4 is 0 Å². The van der Waals surface area contributed by atoms with E-state index in [0.717, 1.165) is 6.42 Å². The molecule has 3 N–H and O–H groups in total. The van der Waals surface area contributed by atoms with E-state index in [0.29, 0.717) is 36.8 Å². The Labute approximate surface area is 154 Å². The third-order valence-corrected chi connectivity index (χ3v) is 4.77. The molecule has 0 amide bonds. The first-order valence-electron chi connectivity index (χ1n) is 8.96. The van der Waals surface area contributed by atoms with Gasteiger partial charge in [-0.15, -0.1) is 0 Å². The molecule has 0 spiro atoms. The van der Waals surface area contributed by atoms with Crippen LogP contribution in [0.15, 0.2) is 41.5 Å². The largest absolute Gasteiger partial charge is 0.508 e. The smallest absolute Gasteiger partial charge is 0.334 e. The topological polar surface area (TPSA) is 87.0 Å². The lowest BCUT2D eigenvalue weighted by Crippen LogP contribution is -2.41. The first kappa shape index (κ1) is 20.0. The van der Waals surface area contributed by atoms with Gasteiger partial charge in [0.25, 0.3) is 0 Å². The molecule has 1 aliphatic rings. The number of aromatic hydroxyl groups is 2. The zero-order chi connectivity index (χ0) is 19.3. The minimum atomic E-state index is -0.978. The average molecular weight is 360 g/mol. The molecular weight excluding hydrogens is 332 g/mol. The molecule has 0 aliphatic carbocycles. The number of carbonyl (C=O) groups excluding carboxylic acids is 1. The molecule has 0 bridgehead atoms. The van der Waals surface area contributed by atoms with Crippen molar-refractivity contribution in [3.8, 4) is 11.5 Å². The van der Waals surface area contributed by atoms with Crippen LogP contribution in [-0.2, 0) is 16.0 Å². The molecule has 0 saturated carbocycles. The van der Waals surface area contributed by atoms with Crippen molar-refractivity contribution in [2.45, 2.75) is 64.6 Å². The minimum Gasteiger partial charge on any atom is -0.508 e. The maximum atomic E-state index is 12.6. The number of phenols is 2. The highest BCUT2D eigenvalue weighted by atomic mass is 16.6. The summed E-state index contributed by atoms with van der Waals surface area (Å²) in [6, 6.07) is 4.30. The maximum Gasteiger partial charge on any atom is 0.334 e. The zero-order valence-corrected chi connectivity index (χ0v) is 15.7. The summed E-state index contributed by atoms with van der Waals surface area (Å²) < 4.78 is 5.58. The molecule has 2 rings (SSSR count). The number of hydrogen-bond acceptors (Lipinski definition) is 5. The van der Waals surface area contributed by atoms with E-state index in [1.54, 1.807) is 19.9 Å². The van der Waals surface area contributed by atoms with Crippen LogP contribution in [0.3, 0.4) is 0 Å². The van der Waals surface area contributed by atoms with Crippen LogP contribution in [-0.4, -0.2) is 33.0 Å². The molecular formula is C21H28O5. The summed E-state index contributed by atoms with van der Waals surface area (Å²) in [5.41, 5.74) is 1.23. The summed E-state index contributed by atoms with van der Waals surface area (Å²) in [7, 11) is 0. The number of allylic oxidation sites excluding steroid dienone is 3. The molecule has 1 aromatic carbocycles. The van der Waals surface area contributed by atoms with Crippen molar-refractivity contribution in [3.05, 3.63) is 47.1 Å². The number of aliphatic hydroxyl groups excluding tert-OH is 1. The fourth-order valence-corrected chi connectivity index (χ4v) is 2.92. The van der Waals surface area contributed by atoms with Gasteiger partial charge in [0.15, 0.2) is 0 Å². The van der Waals surface area contributed by atoms with Crippen LogP contribution in [0.25, 0.3) is 0 Å². The molecule has 1 heterocycles. The monoisotopic (exact) mass is 360 g/mol. The summed E-state index contributed by atoms with van der Waals surface area (Å²) in [5.74, 6) is -0.332. The SMILES string of the molecule is C/C1=C/CC/C(=C/Cc2cc(O)ccc2O)C(=O)OC(C)(C)[C@H](O)CC1. The Kier molecular flexibility index (Phi) is 6.48. The van der Waals surface area contributed by atoms with Gasteiger partial charge >= 0.3 is 5.97 Å². The fourth-order valence-electron chi connectivity index (χ4n) is 2.92. The van der Waals surface area contributed by atoms with Crippen molar-refractivity contribution in [2.75, 3.05) is 0 Å². The first-order chi connectivity index (χ1) is 12.2. The molecule has 0 aromatic heterocycles. The molecule has 1 atom stereocenters. The first-order valence-corrected chi connectivity index (χ1v) is 8.96. The van der Waals surface area contributed by atoms with Gasteiger partial charge in [-0.2, -0.15) is 0 Å². The molecule has 0 fully saturated rings. The summed E-state index contributed by atoms with van der Waals surface area (Å²) >= 11 is 0. The number of carbonyl (C=O) groups is 1. The van der Waals surface area contributed by atoms with Crippen molar-refractivity contribution in [1.29, 1.82) is 0 Å². The Balaban J connectivity index is 2.26. The van der Waals surface area contributed by atoms with Gasteiger partial charge in [0.1, 0.15) is 17.1 Å². The van der Waals surface area contributed by atoms with Crippen molar-refractivity contribution in [1.82, 2.24) is 0 Å². The highest BCUT2D eigenvalue weighted by Crippen LogP contribution is 2.27. The van der Waals surface area contributed by atoms with Gasteiger partial charge in [-0.25, -0.2) is 4.79 Å². The lowest BCUT2D eigenvalue weighted by atomic mass is 9.95. The van der Waals surface area contributed by atoms with Gasteiger partial charge in [0.05, 0.1) is 6.10 Å². The maximum absolute atomic E-state index is 12.6. The summed E-state index contributed by atoms with van der Waals surface area (Å²) in [5, 5.41) is 29.8. The Morgan fingerprint density at radius 1 is 1.27 bits per heavy atom. The number of aliphatic hydroxyl groups is 1. The van der Waals surface area contributed by atoms with Crippen LogP contribution in [0.1, 0.15) is 52.0 Å². The van der Waals surface area contributed by atoms with Gasteiger partial charge in [-0.3, -0.25) is 0 Å². The van der Waals surface area contributed by atoms with Crippen LogP contribution in [0.5, 0.6) is 11.5 Å². The number of ether oxygens (including phenoxy) is 1. The Morgan fingerprint density at radius 3 is 2.73 bits per heavy atom. The normalized spacial score (nSPS) is 25.1. The molecule has 0 radical (unpaired) electrons. The van der Waals surface area contributed by atoms with E-state index in [4.69, 9.17) is 4.74 Å². The second-order valence-corrected chi connectivity index (χ2v) is 7.38. The summed E-state index contributed by atoms with van der Waals surface area (Å²) in [6.07, 6.45) is 5.88. The molecule has 142 valence electrons. The van der Waals surface area contributed by atoms with Crippen molar-refractivity contribution in [3.63, 3.8) is 0 Å². The Morgan fingerprint density at radius 2 is 2.00 bits per heavy atom. The number of cyclic esters (lactones) is 1. The van der Waals surface area contributed by atoms with Crippen LogP contribution >= 0.6 is 0 Å². The van der Waals surface area contributed by atoms with Crippen LogP contribution in [0.2, 0.25) is 0 Å². The molecule has 5 nitrogen and oxygen atoms in total. The quantitative estimate of drug-likeness (QED) is 0.323.